The number of ether oxygens (including phenoxy) is 2. The summed E-state index contributed by atoms with van der Waals surface area (Å²) < 4.78 is 10.9. The molecule has 2 aromatic rings. The molecule has 0 spiro atoms. The molecule has 0 saturated heterocycles. The molecule has 2 rings (SSSR count). The van der Waals surface area contributed by atoms with E-state index in [4.69, 9.17) is 9.47 Å². The average molecular weight is 313 g/mol. The van der Waals surface area contributed by atoms with Crippen LogP contribution in [0, 0.1) is 0 Å². The number of methoxy groups -OCH3 is 1. The van der Waals surface area contributed by atoms with Crippen LogP contribution in [0.5, 0.6) is 11.5 Å². The molecule has 0 saturated carbocycles. The van der Waals surface area contributed by atoms with Crippen molar-refractivity contribution in [2.45, 2.75) is 6.92 Å². The molecule has 1 N–H and O–H groups in total. The SMILES string of the molecule is CCOc1cccc(/C=N\Nc2ccc(C(=O)[O-])cc2)c1OC. The first-order chi connectivity index (χ1) is 11.2. The number of carboxylic acid groups (broad SMARTS) is 1. The molecule has 0 fully saturated rings. The van der Waals surface area contributed by atoms with E-state index in [9.17, 15) is 9.90 Å². The van der Waals surface area contributed by atoms with E-state index in [1.165, 1.54) is 12.1 Å². The number of anilines is 1. The van der Waals surface area contributed by atoms with Crippen LogP contribution in [0.25, 0.3) is 0 Å². The molecule has 6 heteroatoms. The summed E-state index contributed by atoms with van der Waals surface area (Å²) in [4.78, 5) is 10.7. The number of hydrazone groups is 1. The zero-order chi connectivity index (χ0) is 16.7. The van der Waals surface area contributed by atoms with Crippen molar-refractivity contribution < 1.29 is 19.4 Å². The number of carbonyl (C=O) groups is 1. The molecule has 120 valence electrons. The van der Waals surface area contributed by atoms with E-state index in [0.717, 1.165) is 5.56 Å². The summed E-state index contributed by atoms with van der Waals surface area (Å²) in [6, 6.07) is 11.6. The number of nitrogens with one attached hydrogen (secondary N) is 1. The minimum absolute atomic E-state index is 0.116. The van der Waals surface area contributed by atoms with Crippen molar-refractivity contribution in [1.29, 1.82) is 0 Å². The molecule has 0 heterocycles. The lowest BCUT2D eigenvalue weighted by Gasteiger charge is -2.11. The number of aromatic carboxylic acids is 1. The summed E-state index contributed by atoms with van der Waals surface area (Å²) in [5.41, 5.74) is 4.36. The lowest BCUT2D eigenvalue weighted by atomic mass is 10.2. The van der Waals surface area contributed by atoms with E-state index in [0.29, 0.717) is 23.8 Å². The van der Waals surface area contributed by atoms with Gasteiger partial charge in [0.15, 0.2) is 11.5 Å². The molecular weight excluding hydrogens is 296 g/mol. The Morgan fingerprint density at radius 2 is 2.00 bits per heavy atom. The fraction of sp³-hybridized carbons (Fsp3) is 0.176. The third kappa shape index (κ3) is 4.23. The Balaban J connectivity index is 2.11. The van der Waals surface area contributed by atoms with Crippen LogP contribution in [0.15, 0.2) is 47.6 Å². The van der Waals surface area contributed by atoms with E-state index >= 15 is 0 Å². The molecule has 0 amide bonds. The summed E-state index contributed by atoms with van der Waals surface area (Å²) in [7, 11) is 1.57. The van der Waals surface area contributed by atoms with E-state index in [2.05, 4.69) is 10.5 Å². The number of hydrogen-bond donors (Lipinski definition) is 1. The maximum atomic E-state index is 10.7. The monoisotopic (exact) mass is 313 g/mol. The van der Waals surface area contributed by atoms with Gasteiger partial charge in [-0.15, -0.1) is 0 Å². The number of benzene rings is 2. The van der Waals surface area contributed by atoms with Crippen LogP contribution in [-0.2, 0) is 0 Å². The molecular formula is C17H17N2O4-. The Morgan fingerprint density at radius 3 is 2.61 bits per heavy atom. The van der Waals surface area contributed by atoms with Crippen LogP contribution in [0.3, 0.4) is 0 Å². The van der Waals surface area contributed by atoms with Crippen LogP contribution >= 0.6 is 0 Å². The minimum atomic E-state index is -1.21. The van der Waals surface area contributed by atoms with E-state index < -0.39 is 5.97 Å². The molecule has 23 heavy (non-hydrogen) atoms. The van der Waals surface area contributed by atoms with E-state index in [1.54, 1.807) is 25.5 Å². The lowest BCUT2D eigenvalue weighted by Crippen LogP contribution is -2.21. The molecule has 0 atom stereocenters. The van der Waals surface area contributed by atoms with Gasteiger partial charge >= 0.3 is 0 Å². The van der Waals surface area contributed by atoms with Gasteiger partial charge < -0.3 is 19.4 Å². The summed E-state index contributed by atoms with van der Waals surface area (Å²) >= 11 is 0. The van der Waals surface area contributed by atoms with Crippen molar-refractivity contribution in [2.24, 2.45) is 5.10 Å². The van der Waals surface area contributed by atoms with Crippen molar-refractivity contribution in [2.75, 3.05) is 19.1 Å². The average Bonchev–Trinajstić information content (AvgIpc) is 2.56. The van der Waals surface area contributed by atoms with Crippen molar-refractivity contribution in [3.05, 3.63) is 53.6 Å². The smallest absolute Gasteiger partial charge is 0.169 e. The molecule has 0 aliphatic carbocycles. The fourth-order valence-corrected chi connectivity index (χ4v) is 1.98. The van der Waals surface area contributed by atoms with Crippen LogP contribution in [0.1, 0.15) is 22.8 Å². The fourth-order valence-electron chi connectivity index (χ4n) is 1.98. The predicted octanol–water partition coefficient (Wildman–Crippen LogP) is 1.90. The summed E-state index contributed by atoms with van der Waals surface area (Å²) in [5, 5.41) is 14.8. The first kappa shape index (κ1) is 16.4. The molecule has 2 aromatic carbocycles. The highest BCUT2D eigenvalue weighted by molar-refractivity contribution is 5.87. The highest BCUT2D eigenvalue weighted by atomic mass is 16.5. The third-order valence-corrected chi connectivity index (χ3v) is 3.03. The standard InChI is InChI=1S/C17H18N2O4/c1-3-23-15-6-4-5-13(16(15)22-2)11-18-19-14-9-7-12(8-10-14)17(20)21/h4-11,19H,3H2,1-2H3,(H,20,21)/p-1/b18-11-. The summed E-state index contributed by atoms with van der Waals surface area (Å²) in [5.74, 6) is 0.0435. The van der Waals surface area contributed by atoms with Crippen LogP contribution in [0.4, 0.5) is 5.69 Å². The lowest BCUT2D eigenvalue weighted by molar-refractivity contribution is -0.255. The molecule has 0 bridgehead atoms. The molecule has 0 aliphatic rings. The van der Waals surface area contributed by atoms with Gasteiger partial charge in [-0.3, -0.25) is 5.43 Å². The van der Waals surface area contributed by atoms with Gasteiger partial charge in [-0.25, -0.2) is 0 Å². The highest BCUT2D eigenvalue weighted by Gasteiger charge is 2.07. The first-order valence-corrected chi connectivity index (χ1v) is 7.06. The second-order valence-corrected chi connectivity index (χ2v) is 4.55. The number of hydrogen-bond acceptors (Lipinski definition) is 6. The summed E-state index contributed by atoms with van der Waals surface area (Å²) in [6.07, 6.45) is 1.61. The molecule has 0 aromatic heterocycles. The Bertz CT molecular complexity index is 696. The number of para-hydroxylation sites is 1. The number of carbonyl (C=O) groups excluding carboxylic acids is 1. The zero-order valence-electron chi connectivity index (χ0n) is 12.9. The van der Waals surface area contributed by atoms with Gasteiger partial charge in [0, 0.05) is 5.56 Å². The van der Waals surface area contributed by atoms with Gasteiger partial charge in [-0.05, 0) is 36.8 Å². The van der Waals surface area contributed by atoms with Crippen molar-refractivity contribution in [1.82, 2.24) is 0 Å². The summed E-state index contributed by atoms with van der Waals surface area (Å²) in [6.45, 7) is 2.44. The highest BCUT2D eigenvalue weighted by Crippen LogP contribution is 2.29. The Morgan fingerprint density at radius 1 is 1.26 bits per heavy atom. The van der Waals surface area contributed by atoms with Crippen molar-refractivity contribution in [3.63, 3.8) is 0 Å². The van der Waals surface area contributed by atoms with Crippen LogP contribution in [-0.4, -0.2) is 25.9 Å². The van der Waals surface area contributed by atoms with Crippen LogP contribution in [0.2, 0.25) is 0 Å². The Labute approximate surface area is 134 Å². The Hall–Kier alpha value is -3.02. The Kier molecular flexibility index (Phi) is 5.57. The van der Waals surface area contributed by atoms with Crippen molar-refractivity contribution >= 4 is 17.9 Å². The number of rotatable bonds is 7. The van der Waals surface area contributed by atoms with Gasteiger partial charge in [0.25, 0.3) is 0 Å². The second kappa shape index (κ2) is 7.84. The van der Waals surface area contributed by atoms with Gasteiger partial charge in [0.2, 0.25) is 0 Å². The first-order valence-electron chi connectivity index (χ1n) is 7.06. The predicted molar refractivity (Wildman–Crippen MR) is 86.2 cm³/mol. The second-order valence-electron chi connectivity index (χ2n) is 4.55. The van der Waals surface area contributed by atoms with E-state index in [1.807, 2.05) is 25.1 Å². The maximum absolute atomic E-state index is 10.7. The van der Waals surface area contributed by atoms with Gasteiger partial charge in [0.05, 0.1) is 31.6 Å². The number of nitrogens with zero attached hydrogens (tertiary/aromatic N) is 1. The normalized spacial score (nSPS) is 10.5. The van der Waals surface area contributed by atoms with Crippen LogP contribution < -0.4 is 20.0 Å². The number of carboxylic acids is 1. The van der Waals surface area contributed by atoms with Crippen molar-refractivity contribution in [3.8, 4) is 11.5 Å². The molecule has 6 nitrogen and oxygen atoms in total. The van der Waals surface area contributed by atoms with E-state index in [-0.39, 0.29) is 5.56 Å². The topological polar surface area (TPSA) is 83.0 Å². The largest absolute Gasteiger partial charge is 0.545 e. The molecule has 0 aliphatic heterocycles. The van der Waals surface area contributed by atoms with Gasteiger partial charge in [-0.2, -0.15) is 5.10 Å². The van der Waals surface area contributed by atoms with Gasteiger partial charge in [-0.1, -0.05) is 18.2 Å². The van der Waals surface area contributed by atoms with Gasteiger partial charge in [0.1, 0.15) is 0 Å². The molecule has 0 unspecified atom stereocenters. The zero-order valence-corrected chi connectivity index (χ0v) is 12.9. The molecule has 0 radical (unpaired) electrons. The third-order valence-electron chi connectivity index (χ3n) is 3.03. The quantitative estimate of drug-likeness (QED) is 0.623. The minimum Gasteiger partial charge on any atom is -0.545 e. The maximum Gasteiger partial charge on any atom is 0.169 e.